The number of nitriles is 1. The van der Waals surface area contributed by atoms with Gasteiger partial charge >= 0.3 is 0 Å². The van der Waals surface area contributed by atoms with Crippen LogP contribution >= 0.6 is 0 Å². The molecule has 0 N–H and O–H groups in total. The van der Waals surface area contributed by atoms with Gasteiger partial charge in [-0.3, -0.25) is 0 Å². The van der Waals surface area contributed by atoms with Crippen molar-refractivity contribution in [3.8, 4) is 17.2 Å². The van der Waals surface area contributed by atoms with E-state index in [-0.39, 0.29) is 5.92 Å². The van der Waals surface area contributed by atoms with Crippen molar-refractivity contribution >= 4 is 0 Å². The second-order valence-corrected chi connectivity index (χ2v) is 3.84. The summed E-state index contributed by atoms with van der Waals surface area (Å²) in [6.07, 6.45) is 0. The van der Waals surface area contributed by atoms with Gasteiger partial charge < -0.3 is 0 Å². The molecule has 2 rings (SSSR count). The quantitative estimate of drug-likeness (QED) is 0.730. The van der Waals surface area contributed by atoms with Crippen LogP contribution in [0.1, 0.15) is 18.4 Å². The van der Waals surface area contributed by atoms with E-state index in [9.17, 15) is 0 Å². The second-order valence-electron chi connectivity index (χ2n) is 3.84. The van der Waals surface area contributed by atoms with Crippen molar-refractivity contribution < 1.29 is 0 Å². The van der Waals surface area contributed by atoms with Crippen LogP contribution in [0.15, 0.2) is 54.6 Å². The second kappa shape index (κ2) is 4.63. The minimum atomic E-state index is -0.0522. The molecule has 0 heterocycles. The van der Waals surface area contributed by atoms with Gasteiger partial charge in [0.15, 0.2) is 0 Å². The number of hydrogen-bond acceptors (Lipinski definition) is 1. The van der Waals surface area contributed by atoms with Crippen LogP contribution in [0.4, 0.5) is 0 Å². The van der Waals surface area contributed by atoms with Gasteiger partial charge in [0.25, 0.3) is 0 Å². The molecule has 16 heavy (non-hydrogen) atoms. The third kappa shape index (κ3) is 2.12. The molecule has 2 aromatic carbocycles. The zero-order valence-corrected chi connectivity index (χ0v) is 9.22. The maximum absolute atomic E-state index is 8.90. The Morgan fingerprint density at radius 3 is 2.31 bits per heavy atom. The SMILES string of the molecule is CC(C#N)c1cccc(-c2ccccc2)c1. The summed E-state index contributed by atoms with van der Waals surface area (Å²) in [6.45, 7) is 1.92. The summed E-state index contributed by atoms with van der Waals surface area (Å²) in [7, 11) is 0. The fraction of sp³-hybridized carbons (Fsp3) is 0.133. The molecule has 0 aliphatic rings. The van der Waals surface area contributed by atoms with Gasteiger partial charge in [0.05, 0.1) is 12.0 Å². The first-order valence-corrected chi connectivity index (χ1v) is 5.36. The lowest BCUT2D eigenvalue weighted by Gasteiger charge is -2.06. The van der Waals surface area contributed by atoms with E-state index in [0.717, 1.165) is 5.56 Å². The summed E-state index contributed by atoms with van der Waals surface area (Å²) in [4.78, 5) is 0. The average molecular weight is 207 g/mol. The minimum Gasteiger partial charge on any atom is -0.198 e. The Morgan fingerprint density at radius 1 is 0.938 bits per heavy atom. The average Bonchev–Trinajstić information content (AvgIpc) is 2.39. The highest BCUT2D eigenvalue weighted by atomic mass is 14.3. The molecular weight excluding hydrogens is 194 g/mol. The number of benzene rings is 2. The predicted molar refractivity (Wildman–Crippen MR) is 65.9 cm³/mol. The normalized spacial score (nSPS) is 11.8. The maximum Gasteiger partial charge on any atom is 0.0700 e. The standard InChI is InChI=1S/C15H13N/c1-12(11-16)14-8-5-9-15(10-14)13-6-3-2-4-7-13/h2-10,12H,1H3. The van der Waals surface area contributed by atoms with Crippen molar-refractivity contribution in [2.45, 2.75) is 12.8 Å². The summed E-state index contributed by atoms with van der Waals surface area (Å²) in [6, 6.07) is 20.6. The van der Waals surface area contributed by atoms with Crippen LogP contribution in [0.3, 0.4) is 0 Å². The van der Waals surface area contributed by atoms with Crippen LogP contribution in [-0.2, 0) is 0 Å². The Labute approximate surface area is 96.0 Å². The van der Waals surface area contributed by atoms with Gasteiger partial charge in [0.2, 0.25) is 0 Å². The molecule has 0 saturated carbocycles. The lowest BCUT2D eigenvalue weighted by Crippen LogP contribution is -1.89. The highest BCUT2D eigenvalue weighted by molar-refractivity contribution is 5.64. The molecule has 1 unspecified atom stereocenters. The Bertz CT molecular complexity index is 508. The molecule has 1 heteroatoms. The third-order valence-electron chi connectivity index (χ3n) is 2.69. The molecule has 0 bridgehead atoms. The first-order valence-electron chi connectivity index (χ1n) is 5.36. The fourth-order valence-corrected chi connectivity index (χ4v) is 1.69. The monoisotopic (exact) mass is 207 g/mol. The van der Waals surface area contributed by atoms with E-state index in [1.54, 1.807) is 0 Å². The van der Waals surface area contributed by atoms with Crippen LogP contribution in [0.25, 0.3) is 11.1 Å². The molecule has 1 nitrogen and oxygen atoms in total. The molecule has 0 fully saturated rings. The molecule has 78 valence electrons. The number of hydrogen-bond donors (Lipinski definition) is 0. The lowest BCUT2D eigenvalue weighted by atomic mass is 9.97. The number of nitrogens with zero attached hydrogens (tertiary/aromatic N) is 1. The van der Waals surface area contributed by atoms with Crippen LogP contribution < -0.4 is 0 Å². The van der Waals surface area contributed by atoms with Crippen LogP contribution in [-0.4, -0.2) is 0 Å². The lowest BCUT2D eigenvalue weighted by molar-refractivity contribution is 0.982. The molecule has 1 atom stereocenters. The van der Waals surface area contributed by atoms with Crippen molar-refractivity contribution in [3.05, 3.63) is 60.2 Å². The van der Waals surface area contributed by atoms with Crippen LogP contribution in [0.2, 0.25) is 0 Å². The van der Waals surface area contributed by atoms with Gasteiger partial charge in [-0.2, -0.15) is 5.26 Å². The van der Waals surface area contributed by atoms with Crippen LogP contribution in [0.5, 0.6) is 0 Å². The minimum absolute atomic E-state index is 0.0522. The van der Waals surface area contributed by atoms with Crippen molar-refractivity contribution in [1.82, 2.24) is 0 Å². The Morgan fingerprint density at radius 2 is 1.62 bits per heavy atom. The van der Waals surface area contributed by atoms with Crippen molar-refractivity contribution in [3.63, 3.8) is 0 Å². The summed E-state index contributed by atoms with van der Waals surface area (Å²) in [5, 5.41) is 8.90. The molecule has 0 spiro atoms. The van der Waals surface area contributed by atoms with Gasteiger partial charge in [-0.15, -0.1) is 0 Å². The Hall–Kier alpha value is -2.07. The molecule has 0 aliphatic carbocycles. The summed E-state index contributed by atoms with van der Waals surface area (Å²) in [5.41, 5.74) is 3.43. The summed E-state index contributed by atoms with van der Waals surface area (Å²) in [5.74, 6) is -0.0522. The van der Waals surface area contributed by atoms with E-state index in [1.165, 1.54) is 11.1 Å². The first-order chi connectivity index (χ1) is 7.81. The summed E-state index contributed by atoms with van der Waals surface area (Å²) < 4.78 is 0. The maximum atomic E-state index is 8.90. The van der Waals surface area contributed by atoms with Gasteiger partial charge in [0, 0.05) is 0 Å². The van der Waals surface area contributed by atoms with Gasteiger partial charge in [-0.05, 0) is 29.7 Å². The van der Waals surface area contributed by atoms with E-state index in [2.05, 4.69) is 30.3 Å². The van der Waals surface area contributed by atoms with E-state index in [1.807, 2.05) is 37.3 Å². The zero-order chi connectivity index (χ0) is 11.4. The highest BCUT2D eigenvalue weighted by Crippen LogP contribution is 2.23. The predicted octanol–water partition coefficient (Wildman–Crippen LogP) is 3.98. The van der Waals surface area contributed by atoms with Crippen molar-refractivity contribution in [2.24, 2.45) is 0 Å². The first kappa shape index (κ1) is 10.4. The van der Waals surface area contributed by atoms with Crippen LogP contribution in [0, 0.1) is 11.3 Å². The van der Waals surface area contributed by atoms with Gasteiger partial charge in [0.1, 0.15) is 0 Å². The topological polar surface area (TPSA) is 23.8 Å². The van der Waals surface area contributed by atoms with Crippen molar-refractivity contribution in [2.75, 3.05) is 0 Å². The molecule has 0 radical (unpaired) electrons. The Balaban J connectivity index is 2.41. The molecule has 0 aromatic heterocycles. The van der Waals surface area contributed by atoms with E-state index >= 15 is 0 Å². The van der Waals surface area contributed by atoms with E-state index in [0.29, 0.717) is 0 Å². The van der Waals surface area contributed by atoms with Gasteiger partial charge in [-0.1, -0.05) is 48.5 Å². The van der Waals surface area contributed by atoms with E-state index in [4.69, 9.17) is 5.26 Å². The summed E-state index contributed by atoms with van der Waals surface area (Å²) >= 11 is 0. The smallest absolute Gasteiger partial charge is 0.0700 e. The molecule has 0 amide bonds. The molecular formula is C15H13N. The Kier molecular flexibility index (Phi) is 3.03. The van der Waals surface area contributed by atoms with Crippen molar-refractivity contribution in [1.29, 1.82) is 5.26 Å². The molecule has 0 aliphatic heterocycles. The van der Waals surface area contributed by atoms with Gasteiger partial charge in [-0.25, -0.2) is 0 Å². The number of rotatable bonds is 2. The zero-order valence-electron chi connectivity index (χ0n) is 9.22. The largest absolute Gasteiger partial charge is 0.198 e. The fourth-order valence-electron chi connectivity index (χ4n) is 1.69. The third-order valence-corrected chi connectivity index (χ3v) is 2.69. The molecule has 0 saturated heterocycles. The highest BCUT2D eigenvalue weighted by Gasteiger charge is 2.04. The van der Waals surface area contributed by atoms with E-state index < -0.39 is 0 Å². The molecule has 2 aromatic rings.